The Hall–Kier alpha value is -2.49. The Morgan fingerprint density at radius 1 is 1.13 bits per heavy atom. The van der Waals surface area contributed by atoms with Crippen LogP contribution in [0, 0.1) is 6.92 Å². The Bertz CT molecular complexity index is 990. The van der Waals surface area contributed by atoms with E-state index < -0.39 is 10.0 Å². The molecule has 1 fully saturated rings. The zero-order valence-corrected chi connectivity index (χ0v) is 18.1. The summed E-state index contributed by atoms with van der Waals surface area (Å²) in [6.07, 6.45) is 0. The molecule has 3 rings (SSSR count). The molecule has 2 aromatic rings. The van der Waals surface area contributed by atoms with Crippen LogP contribution in [0.5, 0.6) is 11.5 Å². The monoisotopic (exact) mass is 453 g/mol. The van der Waals surface area contributed by atoms with Crippen molar-refractivity contribution >= 4 is 27.7 Å². The van der Waals surface area contributed by atoms with Gasteiger partial charge in [0.15, 0.2) is 0 Å². The van der Waals surface area contributed by atoms with Crippen molar-refractivity contribution in [2.75, 3.05) is 39.3 Å². The molecule has 162 valence electrons. The van der Waals surface area contributed by atoms with Crippen LogP contribution < -0.4 is 10.1 Å². The number of ether oxygens (including phenoxy) is 1. The van der Waals surface area contributed by atoms with Gasteiger partial charge in [0.05, 0.1) is 6.54 Å². The molecular formula is C20H24ClN3O5S. The van der Waals surface area contributed by atoms with Crippen molar-refractivity contribution in [1.29, 1.82) is 0 Å². The summed E-state index contributed by atoms with van der Waals surface area (Å²) in [5, 5.41) is 13.3. The Kier molecular flexibility index (Phi) is 7.06. The average molecular weight is 454 g/mol. The molecule has 0 radical (unpaired) electrons. The molecule has 2 N–H and O–H groups in total. The number of sulfonamides is 1. The number of phenols is 1. The fraction of sp³-hybridized carbons (Fsp3) is 0.350. The number of aromatic hydroxyl groups is 1. The quantitative estimate of drug-likeness (QED) is 0.654. The molecule has 1 aliphatic heterocycles. The number of amides is 2. The van der Waals surface area contributed by atoms with Gasteiger partial charge in [-0.05, 0) is 48.9 Å². The Balaban J connectivity index is 1.47. The van der Waals surface area contributed by atoms with Crippen LogP contribution in [-0.2, 0) is 10.0 Å². The molecule has 2 aromatic carbocycles. The summed E-state index contributed by atoms with van der Waals surface area (Å²) in [5.41, 5.74) is 0.741. The maximum atomic E-state index is 12.8. The van der Waals surface area contributed by atoms with E-state index in [2.05, 4.69) is 5.32 Å². The van der Waals surface area contributed by atoms with Crippen molar-refractivity contribution in [2.24, 2.45) is 0 Å². The predicted octanol–water partition coefficient (Wildman–Crippen LogP) is 2.45. The molecule has 0 spiro atoms. The molecule has 0 aliphatic carbocycles. The first kappa shape index (κ1) is 22.2. The molecular weight excluding hydrogens is 430 g/mol. The van der Waals surface area contributed by atoms with E-state index in [0.717, 1.165) is 5.56 Å². The number of hydrogen-bond acceptors (Lipinski definition) is 5. The van der Waals surface area contributed by atoms with E-state index in [9.17, 15) is 18.3 Å². The normalized spacial score (nSPS) is 15.1. The van der Waals surface area contributed by atoms with E-state index >= 15 is 0 Å². The van der Waals surface area contributed by atoms with Crippen LogP contribution in [0.1, 0.15) is 5.56 Å². The first-order chi connectivity index (χ1) is 14.3. The summed E-state index contributed by atoms with van der Waals surface area (Å²) in [7, 11) is -3.82. The number of nitrogens with one attached hydrogen (secondary N) is 1. The number of aryl methyl sites for hydroxylation is 1. The van der Waals surface area contributed by atoms with Crippen molar-refractivity contribution in [3.05, 3.63) is 53.1 Å². The van der Waals surface area contributed by atoms with E-state index in [-0.39, 0.29) is 42.9 Å². The van der Waals surface area contributed by atoms with E-state index in [1.807, 2.05) is 0 Å². The summed E-state index contributed by atoms with van der Waals surface area (Å²) in [6, 6.07) is 11.1. The van der Waals surface area contributed by atoms with E-state index in [4.69, 9.17) is 16.3 Å². The largest absolute Gasteiger partial charge is 0.507 e. The van der Waals surface area contributed by atoms with Crippen LogP contribution in [0.15, 0.2) is 47.4 Å². The highest BCUT2D eigenvalue weighted by molar-refractivity contribution is 7.89. The predicted molar refractivity (Wildman–Crippen MR) is 114 cm³/mol. The Morgan fingerprint density at radius 3 is 2.47 bits per heavy atom. The first-order valence-corrected chi connectivity index (χ1v) is 11.3. The highest BCUT2D eigenvalue weighted by Crippen LogP contribution is 2.27. The summed E-state index contributed by atoms with van der Waals surface area (Å²) < 4.78 is 32.5. The summed E-state index contributed by atoms with van der Waals surface area (Å²) in [6.45, 7) is 3.21. The van der Waals surface area contributed by atoms with Gasteiger partial charge in [0.25, 0.3) is 0 Å². The van der Waals surface area contributed by atoms with Gasteiger partial charge >= 0.3 is 6.03 Å². The number of carbonyl (C=O) groups excluding carboxylic acids is 1. The van der Waals surface area contributed by atoms with Crippen LogP contribution in [0.4, 0.5) is 4.79 Å². The minimum absolute atomic E-state index is 0.111. The minimum Gasteiger partial charge on any atom is -0.507 e. The molecule has 1 heterocycles. The number of hydrogen-bond donors (Lipinski definition) is 2. The maximum Gasteiger partial charge on any atom is 0.317 e. The fourth-order valence-electron chi connectivity index (χ4n) is 3.07. The van der Waals surface area contributed by atoms with Crippen LogP contribution in [0.2, 0.25) is 5.02 Å². The smallest absolute Gasteiger partial charge is 0.317 e. The van der Waals surface area contributed by atoms with Gasteiger partial charge in [0.2, 0.25) is 10.0 Å². The SMILES string of the molecule is Cc1ccc(O)c(S(=O)(=O)N2CCN(C(=O)NCCOc3ccc(Cl)cc3)CC2)c1. The second kappa shape index (κ2) is 9.55. The maximum absolute atomic E-state index is 12.8. The molecule has 0 saturated carbocycles. The van der Waals surface area contributed by atoms with Crippen molar-refractivity contribution in [3.63, 3.8) is 0 Å². The number of halogens is 1. The van der Waals surface area contributed by atoms with Crippen molar-refractivity contribution in [3.8, 4) is 11.5 Å². The molecule has 30 heavy (non-hydrogen) atoms. The zero-order valence-electron chi connectivity index (χ0n) is 16.5. The summed E-state index contributed by atoms with van der Waals surface area (Å²) in [4.78, 5) is 13.8. The molecule has 0 bridgehead atoms. The number of urea groups is 1. The molecule has 0 unspecified atom stereocenters. The fourth-order valence-corrected chi connectivity index (χ4v) is 4.78. The van der Waals surface area contributed by atoms with Crippen LogP contribution in [-0.4, -0.2) is 68.1 Å². The first-order valence-electron chi connectivity index (χ1n) is 9.48. The van der Waals surface area contributed by atoms with Gasteiger partial charge in [0, 0.05) is 31.2 Å². The number of phenolic OH excluding ortho intramolecular Hbond substituents is 1. The number of carbonyl (C=O) groups is 1. The Morgan fingerprint density at radius 2 is 1.80 bits per heavy atom. The molecule has 0 aromatic heterocycles. The van der Waals surface area contributed by atoms with E-state index in [0.29, 0.717) is 23.9 Å². The second-order valence-electron chi connectivity index (χ2n) is 6.90. The Labute approximate surface area is 181 Å². The number of benzene rings is 2. The minimum atomic E-state index is -3.82. The summed E-state index contributed by atoms with van der Waals surface area (Å²) in [5.74, 6) is 0.383. The van der Waals surface area contributed by atoms with Crippen molar-refractivity contribution in [2.45, 2.75) is 11.8 Å². The van der Waals surface area contributed by atoms with Crippen molar-refractivity contribution < 1.29 is 23.1 Å². The standard InChI is InChI=1S/C20H24ClN3O5S/c1-15-2-7-18(25)19(14-15)30(27,28)24-11-9-23(10-12-24)20(26)22-8-13-29-17-5-3-16(21)4-6-17/h2-7,14,25H,8-13H2,1H3,(H,22,26). The highest BCUT2D eigenvalue weighted by Gasteiger charge is 2.31. The van der Waals surface area contributed by atoms with Gasteiger partial charge in [-0.15, -0.1) is 0 Å². The average Bonchev–Trinajstić information content (AvgIpc) is 2.74. The van der Waals surface area contributed by atoms with Crippen LogP contribution in [0.3, 0.4) is 0 Å². The highest BCUT2D eigenvalue weighted by atomic mass is 35.5. The lowest BCUT2D eigenvalue weighted by atomic mass is 10.2. The zero-order chi connectivity index (χ0) is 21.7. The van der Waals surface area contributed by atoms with E-state index in [1.54, 1.807) is 42.2 Å². The number of nitrogens with zero attached hydrogens (tertiary/aromatic N) is 2. The third kappa shape index (κ3) is 5.35. The van der Waals surface area contributed by atoms with E-state index in [1.165, 1.54) is 16.4 Å². The molecule has 2 amide bonds. The third-order valence-electron chi connectivity index (χ3n) is 4.72. The van der Waals surface area contributed by atoms with Gasteiger partial charge in [-0.3, -0.25) is 0 Å². The molecule has 8 nitrogen and oxygen atoms in total. The second-order valence-corrected chi connectivity index (χ2v) is 9.24. The third-order valence-corrected chi connectivity index (χ3v) is 6.90. The van der Waals surface area contributed by atoms with Crippen LogP contribution in [0.25, 0.3) is 0 Å². The topological polar surface area (TPSA) is 99.2 Å². The van der Waals surface area contributed by atoms with Gasteiger partial charge in [-0.2, -0.15) is 4.31 Å². The molecule has 1 saturated heterocycles. The lowest BCUT2D eigenvalue weighted by molar-refractivity contribution is 0.170. The molecule has 10 heteroatoms. The van der Waals surface area contributed by atoms with Gasteiger partial charge in [-0.25, -0.2) is 13.2 Å². The van der Waals surface area contributed by atoms with Gasteiger partial charge in [-0.1, -0.05) is 17.7 Å². The van der Waals surface area contributed by atoms with Crippen molar-refractivity contribution in [1.82, 2.24) is 14.5 Å². The van der Waals surface area contributed by atoms with Gasteiger partial charge < -0.3 is 20.1 Å². The summed E-state index contributed by atoms with van der Waals surface area (Å²) >= 11 is 5.82. The van der Waals surface area contributed by atoms with Crippen LogP contribution >= 0.6 is 11.6 Å². The lowest BCUT2D eigenvalue weighted by Crippen LogP contribution is -2.53. The lowest BCUT2D eigenvalue weighted by Gasteiger charge is -2.34. The van der Waals surface area contributed by atoms with Gasteiger partial charge in [0.1, 0.15) is 23.0 Å². The molecule has 1 aliphatic rings. The number of piperazine rings is 1. The number of rotatable bonds is 6. The molecule has 0 atom stereocenters.